The van der Waals surface area contributed by atoms with Gasteiger partial charge < -0.3 is 53.0 Å². The van der Waals surface area contributed by atoms with Crippen molar-refractivity contribution in [3.63, 3.8) is 0 Å². The standard InChI is InChI=1S/C17H17ClFNO4.C14H10F4N4O7S.C14H17N5O7S2.C3H8NO5P.C3H9S/c1-9(2)15-16(21)20(17(22)24-15)13-8-14(11(18)7-12(13)19)23-10-5-3-4-6-10;15-11(16)28-8-5-9(29-12(17)18)20-13(19-8)21-14(25)22-30(26,27)7-4-2-1-3-6(7)10(23)24;1-4-27(21,22)9-6-5-7-15-12(9)28(23,24)19-14(20)18-13-16-10(25-2)8-11(17-13)26-3;5-3(6)1-4-2-10(7,8)9;1-4(2)3/h7-8,10H,3-6H2,1-2H3;1-5,11-12H,(H,23,24)(H2,19,20,21,22,25);5-8H,4H2,1-3H3,(H2,16,17,18,19,20);4H,1-2H2,(H,5,6)(H2,7,8,9);1-3H3/q;;;;+1/p-1. The number of sulfone groups is 1. The second-order valence-electron chi connectivity index (χ2n) is 19.0. The van der Waals surface area contributed by atoms with E-state index in [1.165, 1.54) is 56.2 Å². The van der Waals surface area contributed by atoms with E-state index in [1.807, 2.05) is 5.32 Å². The summed E-state index contributed by atoms with van der Waals surface area (Å²) in [7, 11) is -14.3. The van der Waals surface area contributed by atoms with E-state index in [2.05, 4.69) is 58.5 Å². The summed E-state index contributed by atoms with van der Waals surface area (Å²) < 4.78 is 179. The van der Waals surface area contributed by atoms with Gasteiger partial charge in [-0.15, -0.1) is 0 Å². The number of cyclic esters (lactones) is 1. The number of pyridine rings is 1. The highest BCUT2D eigenvalue weighted by Crippen LogP contribution is 2.38. The highest BCUT2D eigenvalue weighted by atomic mass is 35.5. The minimum atomic E-state index is -4.71. The number of imide groups is 1. The SMILES string of the molecule is CC(C)=C1OC(=O)N(c2cc(OC3CCCC3)c(Cl)cc2F)C1=O.CCS(=O)(=O)c1cccnc1S(=O)(=O)NC(=O)Nc1nc(OC)cc(OC)n1.C[S+](C)C.O=C(Nc1nc(OC(F)F)cc(OC(F)F)n1)NS(=O)(=O)c1ccccc1C(=O)O.O=C(O)CNCP(=O)([O-])O. The molecule has 1 aliphatic carbocycles. The molecule has 4 heterocycles. The van der Waals surface area contributed by atoms with Crippen LogP contribution in [0.3, 0.4) is 0 Å². The third-order valence-corrected chi connectivity index (χ3v) is 16.3. The second-order valence-corrected chi connectivity index (χ2v) is 28.9. The van der Waals surface area contributed by atoms with E-state index in [-0.39, 0.29) is 51.8 Å². The first kappa shape index (κ1) is 81.4. The van der Waals surface area contributed by atoms with E-state index in [0.29, 0.717) is 27.4 Å². The van der Waals surface area contributed by atoms with Gasteiger partial charge in [-0.2, -0.15) is 45.9 Å². The molecule has 1 atom stereocenters. The van der Waals surface area contributed by atoms with Crippen LogP contribution in [0, 0.1) is 5.82 Å². The van der Waals surface area contributed by atoms with Crippen LogP contribution in [0.25, 0.3) is 0 Å². The number of anilines is 3. The number of nitrogens with one attached hydrogen (secondary N) is 5. The normalized spacial score (nSPS) is 13.5. The molecule has 96 heavy (non-hydrogen) atoms. The van der Waals surface area contributed by atoms with Crippen LogP contribution >= 0.6 is 19.2 Å². The molecule has 0 radical (unpaired) electrons. The average molecular weight is 1480 g/mol. The lowest BCUT2D eigenvalue weighted by atomic mass is 10.2. The molecule has 45 heteroatoms. The fraction of sp³-hybridized carbons (Fsp3) is 0.353. The maximum absolute atomic E-state index is 14.3. The molecule has 1 saturated carbocycles. The molecule has 3 aromatic heterocycles. The first-order chi connectivity index (χ1) is 44.6. The van der Waals surface area contributed by atoms with Crippen LogP contribution in [0.1, 0.15) is 56.8 Å². The van der Waals surface area contributed by atoms with Gasteiger partial charge in [0.05, 0.1) is 86.1 Å². The first-order valence-corrected chi connectivity index (χ1v) is 35.6. The number of alkyl halides is 4. The number of carbonyl (C=O) groups excluding carboxylic acids is 4. The zero-order valence-electron chi connectivity index (χ0n) is 51.1. The molecular formula is C51H60ClF5N11O23PS4. The summed E-state index contributed by atoms with van der Waals surface area (Å²) >= 11 is 6.04. The Kier molecular flexibility index (Phi) is 31.3. The van der Waals surface area contributed by atoms with Gasteiger partial charge in [-0.25, -0.2) is 59.7 Å². The van der Waals surface area contributed by atoms with Gasteiger partial charge >= 0.3 is 49.2 Å². The monoisotopic (exact) mass is 1480 g/mol. The highest BCUT2D eigenvalue weighted by molar-refractivity contribution is 7.94. The molecule has 0 spiro atoms. The lowest BCUT2D eigenvalue weighted by molar-refractivity contribution is -0.193. The number of hydrogen-bond donors (Lipinski definition) is 8. The van der Waals surface area contributed by atoms with Crippen molar-refractivity contribution in [3.05, 3.63) is 94.6 Å². The molecule has 1 unspecified atom stereocenters. The largest absolute Gasteiger partial charge is 0.778 e. The van der Waals surface area contributed by atoms with Crippen molar-refractivity contribution in [2.24, 2.45) is 0 Å². The molecule has 6 amide bonds. The third-order valence-electron chi connectivity index (χ3n) is 10.9. The number of nitrogens with zero attached hydrogens (tertiary/aromatic N) is 6. The number of aromatic carboxylic acids is 1. The Labute approximate surface area is 551 Å². The summed E-state index contributed by atoms with van der Waals surface area (Å²) in [5.74, 6) is -7.48. The number of allylic oxidation sites excluding steroid dienone is 1. The number of carboxylic acid groups (broad SMARTS) is 2. The predicted molar refractivity (Wildman–Crippen MR) is 327 cm³/mol. The van der Waals surface area contributed by atoms with Crippen molar-refractivity contribution >= 4 is 114 Å². The Hall–Kier alpha value is -8.84. The topological polar surface area (TPSA) is 489 Å². The summed E-state index contributed by atoms with van der Waals surface area (Å²) in [6.07, 6.45) is 9.97. The quantitative estimate of drug-likeness (QED) is 0.0188. The summed E-state index contributed by atoms with van der Waals surface area (Å²) in [4.78, 5) is 104. The zero-order chi connectivity index (χ0) is 72.6. The van der Waals surface area contributed by atoms with Gasteiger partial charge in [-0.3, -0.25) is 25.5 Å². The van der Waals surface area contributed by atoms with Crippen molar-refractivity contribution in [3.8, 4) is 29.3 Å². The molecule has 2 fully saturated rings. The Morgan fingerprint density at radius 3 is 1.74 bits per heavy atom. The summed E-state index contributed by atoms with van der Waals surface area (Å²) in [6, 6.07) is 8.02. The molecule has 2 aliphatic rings. The number of urea groups is 2. The number of ether oxygens (including phenoxy) is 6. The van der Waals surface area contributed by atoms with Gasteiger partial charge in [0.1, 0.15) is 29.0 Å². The van der Waals surface area contributed by atoms with Crippen LogP contribution in [0.5, 0.6) is 29.3 Å². The number of benzene rings is 2. The second kappa shape index (κ2) is 36.9. The number of aromatic nitrogens is 5. The summed E-state index contributed by atoms with van der Waals surface area (Å²) in [6.45, 7) is -2.67. The minimum Gasteiger partial charge on any atom is -0.778 e. The van der Waals surface area contributed by atoms with Crippen molar-refractivity contribution in [1.29, 1.82) is 0 Å². The van der Waals surface area contributed by atoms with E-state index in [0.717, 1.165) is 56.1 Å². The molecule has 34 nitrogen and oxygen atoms in total. The maximum Gasteiger partial charge on any atom is 0.427 e. The number of rotatable bonds is 22. The van der Waals surface area contributed by atoms with Crippen LogP contribution in [0.4, 0.5) is 53.9 Å². The van der Waals surface area contributed by atoms with E-state index < -0.39 is 143 Å². The van der Waals surface area contributed by atoms with Gasteiger partial charge in [-0.1, -0.05) is 30.7 Å². The molecular weight excluding hydrogens is 1420 g/mol. The van der Waals surface area contributed by atoms with Crippen molar-refractivity contribution in [2.75, 3.05) is 67.1 Å². The number of carbonyl (C=O) groups is 6. The van der Waals surface area contributed by atoms with Crippen molar-refractivity contribution < 1.29 is 129 Å². The van der Waals surface area contributed by atoms with Gasteiger partial charge in [-0.05, 0) is 86.3 Å². The lowest BCUT2D eigenvalue weighted by Gasteiger charge is -2.18. The molecule has 2 aromatic carbocycles. The number of sulfonamides is 2. The predicted octanol–water partition coefficient (Wildman–Crippen LogP) is 5.32. The van der Waals surface area contributed by atoms with Crippen LogP contribution in [-0.2, 0) is 59.7 Å². The van der Waals surface area contributed by atoms with E-state index in [4.69, 9.17) is 45.7 Å². The van der Waals surface area contributed by atoms with Gasteiger partial charge in [0.25, 0.3) is 20.0 Å². The molecule has 8 N–H and O–H groups in total. The van der Waals surface area contributed by atoms with Crippen LogP contribution in [-0.4, -0.2) is 172 Å². The van der Waals surface area contributed by atoms with E-state index >= 15 is 0 Å². The van der Waals surface area contributed by atoms with Crippen molar-refractivity contribution in [1.82, 2.24) is 39.7 Å². The molecule has 5 aromatic rings. The summed E-state index contributed by atoms with van der Waals surface area (Å²) in [5.41, 5.74) is -0.333. The molecule has 1 saturated heterocycles. The zero-order valence-corrected chi connectivity index (χ0v) is 56.0. The number of carboxylic acids is 2. The Bertz CT molecular complexity index is 3990. The number of methoxy groups -OCH3 is 2. The Balaban J connectivity index is 0.000000342. The van der Waals surface area contributed by atoms with Crippen LogP contribution < -0.4 is 58.9 Å². The van der Waals surface area contributed by atoms with Crippen LogP contribution in [0.2, 0.25) is 5.02 Å². The Morgan fingerprint density at radius 2 is 1.28 bits per heavy atom. The van der Waals surface area contributed by atoms with E-state index in [1.54, 1.807) is 23.9 Å². The van der Waals surface area contributed by atoms with E-state index in [9.17, 15) is 85.4 Å². The fourth-order valence-electron chi connectivity index (χ4n) is 7.04. The third kappa shape index (κ3) is 26.8. The molecule has 0 bridgehead atoms. The average Bonchev–Trinajstić information content (AvgIpc) is 1.49. The smallest absolute Gasteiger partial charge is 0.427 e. The molecule has 1 aliphatic heterocycles. The fourth-order valence-corrected chi connectivity index (χ4v) is 11.3. The first-order valence-electron chi connectivity index (χ1n) is 26.4. The molecule has 528 valence electrons. The van der Waals surface area contributed by atoms with Gasteiger partial charge in [0, 0.05) is 12.3 Å². The van der Waals surface area contributed by atoms with Crippen molar-refractivity contribution in [2.45, 2.75) is 80.6 Å². The lowest BCUT2D eigenvalue weighted by Crippen LogP contribution is -2.36. The number of amides is 6. The van der Waals surface area contributed by atoms with Crippen LogP contribution in [0.15, 0.2) is 93.0 Å². The summed E-state index contributed by atoms with van der Waals surface area (Å²) in [5, 5.41) is 22.1. The number of halogens is 6. The van der Waals surface area contributed by atoms with Gasteiger partial charge in [0.2, 0.25) is 35.4 Å². The Morgan fingerprint density at radius 1 is 0.792 bits per heavy atom. The number of aliphatic carboxylic acids is 1. The highest BCUT2D eigenvalue weighted by Gasteiger charge is 2.41. The maximum atomic E-state index is 14.3. The van der Waals surface area contributed by atoms with Gasteiger partial charge in [0.15, 0.2) is 20.6 Å². The minimum absolute atomic E-state index is 0.00962. The molecule has 7 rings (SSSR count). The number of hydrogen-bond acceptors (Lipinski definition) is 26.